The Hall–Kier alpha value is -0.690. The topological polar surface area (TPSA) is 58.2 Å². The molecule has 2 N–H and O–H groups in total. The number of hydrogen-bond acceptors (Lipinski definition) is 3. The van der Waals surface area contributed by atoms with Crippen LogP contribution in [0.2, 0.25) is 0 Å². The molecule has 0 spiro atoms. The van der Waals surface area contributed by atoms with Gasteiger partial charge in [0.1, 0.15) is 10.7 Å². The Morgan fingerprint density at radius 1 is 1.45 bits per heavy atom. The van der Waals surface area contributed by atoms with E-state index in [1.807, 2.05) is 0 Å². The van der Waals surface area contributed by atoms with Crippen LogP contribution in [-0.4, -0.2) is 28.1 Å². The second-order valence-electron chi connectivity index (χ2n) is 4.95. The molecule has 114 valence electrons. The lowest BCUT2D eigenvalue weighted by atomic mass is 10.0. The van der Waals surface area contributed by atoms with Gasteiger partial charge in [-0.05, 0) is 50.4 Å². The number of rotatable bonds is 4. The maximum Gasteiger partial charge on any atom is 0.243 e. The Kier molecular flexibility index (Phi) is 6.39. The first-order valence-corrected chi connectivity index (χ1v) is 7.94. The smallest absolute Gasteiger partial charge is 0.243 e. The summed E-state index contributed by atoms with van der Waals surface area (Å²) in [6.07, 6.45) is 2.04. The van der Waals surface area contributed by atoms with Gasteiger partial charge in [0.25, 0.3) is 0 Å². The Balaban J connectivity index is 0.00000200. The lowest BCUT2D eigenvalue weighted by molar-refractivity contribution is 0.375. The molecule has 20 heavy (non-hydrogen) atoms. The van der Waals surface area contributed by atoms with Crippen molar-refractivity contribution in [2.75, 3.05) is 19.6 Å². The van der Waals surface area contributed by atoms with Gasteiger partial charge in [0.05, 0.1) is 0 Å². The Morgan fingerprint density at radius 3 is 2.80 bits per heavy atom. The molecule has 1 aliphatic heterocycles. The number of halogens is 2. The van der Waals surface area contributed by atoms with Crippen LogP contribution in [0.3, 0.4) is 0 Å². The van der Waals surface area contributed by atoms with Gasteiger partial charge >= 0.3 is 0 Å². The third-order valence-corrected chi connectivity index (χ3v) is 4.99. The Labute approximate surface area is 125 Å². The highest BCUT2D eigenvalue weighted by Crippen LogP contribution is 2.19. The summed E-state index contributed by atoms with van der Waals surface area (Å²) in [5.74, 6) is -0.426. The zero-order valence-corrected chi connectivity index (χ0v) is 13.0. The number of aryl methyl sites for hydroxylation is 1. The van der Waals surface area contributed by atoms with Crippen molar-refractivity contribution in [3.05, 3.63) is 29.6 Å². The minimum absolute atomic E-state index is 0. The number of nitrogens with one attached hydrogen (secondary N) is 2. The van der Waals surface area contributed by atoms with E-state index in [0.29, 0.717) is 12.1 Å². The molecule has 0 aliphatic carbocycles. The molecule has 1 atom stereocenters. The van der Waals surface area contributed by atoms with Crippen LogP contribution >= 0.6 is 12.4 Å². The van der Waals surface area contributed by atoms with Crippen LogP contribution in [0.5, 0.6) is 0 Å². The molecule has 1 aromatic rings. The molecule has 1 fully saturated rings. The van der Waals surface area contributed by atoms with Crippen molar-refractivity contribution in [3.63, 3.8) is 0 Å². The SMILES string of the molecule is Cc1cccc(F)c1S(=O)(=O)NCC1CCCNC1.Cl. The van der Waals surface area contributed by atoms with E-state index >= 15 is 0 Å². The highest BCUT2D eigenvalue weighted by atomic mass is 35.5. The fourth-order valence-corrected chi connectivity index (χ4v) is 3.77. The molecular formula is C13H20ClFN2O2S. The number of benzene rings is 1. The molecular weight excluding hydrogens is 303 g/mol. The second-order valence-corrected chi connectivity index (χ2v) is 6.65. The highest BCUT2D eigenvalue weighted by Gasteiger charge is 2.23. The zero-order valence-electron chi connectivity index (χ0n) is 11.4. The molecule has 0 bridgehead atoms. The first-order chi connectivity index (χ1) is 9.00. The van der Waals surface area contributed by atoms with Crippen LogP contribution in [0, 0.1) is 18.7 Å². The summed E-state index contributed by atoms with van der Waals surface area (Å²) >= 11 is 0. The van der Waals surface area contributed by atoms with Gasteiger partial charge in [-0.2, -0.15) is 0 Å². The molecule has 0 amide bonds. The standard InChI is InChI=1S/C13H19FN2O2S.ClH/c1-10-4-2-6-12(14)13(10)19(17,18)16-9-11-5-3-7-15-8-11;/h2,4,6,11,15-16H,3,5,7-9H2,1H3;1H. The maximum atomic E-state index is 13.7. The van der Waals surface area contributed by atoms with E-state index in [0.717, 1.165) is 25.9 Å². The second kappa shape index (κ2) is 7.36. The van der Waals surface area contributed by atoms with E-state index in [2.05, 4.69) is 10.0 Å². The van der Waals surface area contributed by atoms with Gasteiger partial charge in [0.15, 0.2) is 0 Å². The fraction of sp³-hybridized carbons (Fsp3) is 0.538. The fourth-order valence-electron chi connectivity index (χ4n) is 2.35. The van der Waals surface area contributed by atoms with Gasteiger partial charge in [-0.25, -0.2) is 17.5 Å². The normalized spacial score (nSPS) is 19.4. The molecule has 1 unspecified atom stereocenters. The largest absolute Gasteiger partial charge is 0.316 e. The van der Waals surface area contributed by atoms with Crippen LogP contribution in [0.1, 0.15) is 18.4 Å². The van der Waals surface area contributed by atoms with E-state index in [4.69, 9.17) is 0 Å². The summed E-state index contributed by atoms with van der Waals surface area (Å²) in [6.45, 7) is 3.73. The van der Waals surface area contributed by atoms with Crippen molar-refractivity contribution in [1.82, 2.24) is 10.0 Å². The van der Waals surface area contributed by atoms with Crippen LogP contribution < -0.4 is 10.0 Å². The Bertz CT molecular complexity index is 525. The van der Waals surface area contributed by atoms with Crippen LogP contribution in [-0.2, 0) is 10.0 Å². The predicted molar refractivity (Wildman–Crippen MR) is 79.2 cm³/mol. The first-order valence-electron chi connectivity index (χ1n) is 6.46. The van der Waals surface area contributed by atoms with Crippen molar-refractivity contribution in [2.45, 2.75) is 24.7 Å². The average molecular weight is 323 g/mol. The van der Waals surface area contributed by atoms with E-state index in [1.54, 1.807) is 13.0 Å². The van der Waals surface area contributed by atoms with Gasteiger partial charge in [-0.1, -0.05) is 12.1 Å². The summed E-state index contributed by atoms with van der Waals surface area (Å²) in [7, 11) is -3.77. The van der Waals surface area contributed by atoms with Crippen molar-refractivity contribution in [1.29, 1.82) is 0 Å². The lowest BCUT2D eigenvalue weighted by Gasteiger charge is -2.23. The quantitative estimate of drug-likeness (QED) is 0.889. The molecule has 2 rings (SSSR count). The molecule has 4 nitrogen and oxygen atoms in total. The van der Waals surface area contributed by atoms with Crippen LogP contribution in [0.4, 0.5) is 4.39 Å². The minimum Gasteiger partial charge on any atom is -0.316 e. The van der Waals surface area contributed by atoms with Gasteiger partial charge < -0.3 is 5.32 Å². The van der Waals surface area contributed by atoms with E-state index in [1.165, 1.54) is 12.1 Å². The predicted octanol–water partition coefficient (Wildman–Crippen LogP) is 1.83. The molecule has 0 saturated carbocycles. The number of sulfonamides is 1. The molecule has 0 aromatic heterocycles. The molecule has 1 aliphatic rings. The van der Waals surface area contributed by atoms with Crippen LogP contribution in [0.25, 0.3) is 0 Å². The van der Waals surface area contributed by atoms with Crippen molar-refractivity contribution >= 4 is 22.4 Å². The lowest BCUT2D eigenvalue weighted by Crippen LogP contribution is -2.38. The van der Waals surface area contributed by atoms with Crippen molar-refractivity contribution in [2.24, 2.45) is 5.92 Å². The first kappa shape index (κ1) is 17.4. The molecule has 0 radical (unpaired) electrons. The van der Waals surface area contributed by atoms with Gasteiger partial charge in [-0.3, -0.25) is 0 Å². The third kappa shape index (κ3) is 4.15. The highest BCUT2D eigenvalue weighted by molar-refractivity contribution is 7.89. The monoisotopic (exact) mass is 322 g/mol. The zero-order chi connectivity index (χ0) is 13.9. The van der Waals surface area contributed by atoms with Crippen molar-refractivity contribution < 1.29 is 12.8 Å². The summed E-state index contributed by atoms with van der Waals surface area (Å²) in [5, 5.41) is 3.22. The van der Waals surface area contributed by atoms with E-state index in [9.17, 15) is 12.8 Å². The molecule has 1 saturated heterocycles. The van der Waals surface area contributed by atoms with Crippen LogP contribution in [0.15, 0.2) is 23.1 Å². The van der Waals surface area contributed by atoms with E-state index < -0.39 is 15.8 Å². The van der Waals surface area contributed by atoms with Crippen molar-refractivity contribution in [3.8, 4) is 0 Å². The molecule has 7 heteroatoms. The molecule has 1 heterocycles. The molecule has 1 aromatic carbocycles. The number of hydrogen-bond donors (Lipinski definition) is 2. The van der Waals surface area contributed by atoms with Gasteiger partial charge in [0, 0.05) is 6.54 Å². The summed E-state index contributed by atoms with van der Waals surface area (Å²) in [6, 6.07) is 4.28. The summed E-state index contributed by atoms with van der Waals surface area (Å²) in [4.78, 5) is -0.237. The average Bonchev–Trinajstić information content (AvgIpc) is 2.37. The number of piperidine rings is 1. The van der Waals surface area contributed by atoms with E-state index in [-0.39, 0.29) is 23.2 Å². The minimum atomic E-state index is -3.77. The maximum absolute atomic E-state index is 13.7. The Morgan fingerprint density at radius 2 is 2.20 bits per heavy atom. The third-order valence-electron chi connectivity index (χ3n) is 3.39. The van der Waals surface area contributed by atoms with Gasteiger partial charge in [-0.15, -0.1) is 12.4 Å². The van der Waals surface area contributed by atoms with Gasteiger partial charge in [0.2, 0.25) is 10.0 Å². The summed E-state index contributed by atoms with van der Waals surface area (Å²) < 4.78 is 40.5. The summed E-state index contributed by atoms with van der Waals surface area (Å²) in [5.41, 5.74) is 0.425.